The first kappa shape index (κ1) is 30.5. The van der Waals surface area contributed by atoms with Crippen molar-refractivity contribution in [2.75, 3.05) is 29.7 Å². The number of methoxy groups -OCH3 is 1. The van der Waals surface area contributed by atoms with E-state index in [9.17, 15) is 18.4 Å². The second kappa shape index (κ2) is 12.7. The SMILES string of the molecule is CCn1c(=O)c(-c2cc(NC(=O)Nc3cc(F)cc(Cl)c3)c(F)cc2C)cc2cnc(N(C)Cc3ccc(OC)cc3)cc21. The Bertz CT molecular complexity index is 1910. The maximum atomic E-state index is 15.0. The minimum absolute atomic E-state index is 0.0955. The summed E-state index contributed by atoms with van der Waals surface area (Å²) in [5.41, 5.74) is 2.75. The highest BCUT2D eigenvalue weighted by Gasteiger charge is 2.18. The number of anilines is 3. The molecule has 0 saturated heterocycles. The van der Waals surface area contributed by atoms with E-state index in [1.54, 1.807) is 30.9 Å². The van der Waals surface area contributed by atoms with Gasteiger partial charge in [-0.15, -0.1) is 0 Å². The van der Waals surface area contributed by atoms with Crippen LogP contribution < -0.4 is 25.8 Å². The molecule has 3 aromatic carbocycles. The number of halogens is 3. The van der Waals surface area contributed by atoms with Gasteiger partial charge in [0, 0.05) is 54.1 Å². The van der Waals surface area contributed by atoms with Gasteiger partial charge in [-0.3, -0.25) is 4.79 Å². The zero-order valence-electron chi connectivity index (χ0n) is 24.5. The van der Waals surface area contributed by atoms with Gasteiger partial charge in [-0.2, -0.15) is 0 Å². The number of pyridine rings is 2. The molecule has 2 amide bonds. The van der Waals surface area contributed by atoms with Crippen LogP contribution in [-0.4, -0.2) is 29.7 Å². The second-order valence-corrected chi connectivity index (χ2v) is 10.7. The Balaban J connectivity index is 1.46. The van der Waals surface area contributed by atoms with Crippen molar-refractivity contribution in [3.8, 4) is 16.9 Å². The number of amides is 2. The Labute approximate surface area is 257 Å². The fourth-order valence-electron chi connectivity index (χ4n) is 5.03. The first-order valence-corrected chi connectivity index (χ1v) is 14.2. The molecule has 0 spiro atoms. The lowest BCUT2D eigenvalue weighted by Gasteiger charge is -2.20. The number of hydrogen-bond acceptors (Lipinski definition) is 5. The zero-order chi connectivity index (χ0) is 31.5. The maximum absolute atomic E-state index is 15.0. The van der Waals surface area contributed by atoms with Crippen molar-refractivity contribution in [1.29, 1.82) is 0 Å². The number of hydrogen-bond donors (Lipinski definition) is 2. The second-order valence-electron chi connectivity index (χ2n) is 10.3. The Morgan fingerprint density at radius 3 is 2.45 bits per heavy atom. The Hall–Kier alpha value is -4.96. The van der Waals surface area contributed by atoms with E-state index in [4.69, 9.17) is 16.3 Å². The molecule has 2 heterocycles. The average Bonchev–Trinajstić information content (AvgIpc) is 2.98. The molecular formula is C33H30ClF2N5O3. The van der Waals surface area contributed by atoms with Crippen LogP contribution in [0.4, 0.5) is 30.8 Å². The quantitative estimate of drug-likeness (QED) is 0.187. The van der Waals surface area contributed by atoms with Crippen molar-refractivity contribution in [2.45, 2.75) is 26.9 Å². The monoisotopic (exact) mass is 617 g/mol. The van der Waals surface area contributed by atoms with E-state index >= 15 is 0 Å². The van der Waals surface area contributed by atoms with Crippen molar-refractivity contribution in [3.63, 3.8) is 0 Å². The van der Waals surface area contributed by atoms with Crippen LogP contribution in [0.2, 0.25) is 5.02 Å². The number of aryl methyl sites for hydroxylation is 2. The molecule has 226 valence electrons. The summed E-state index contributed by atoms with van der Waals surface area (Å²) in [5.74, 6) is 0.143. The molecule has 0 saturated carbocycles. The summed E-state index contributed by atoms with van der Waals surface area (Å²) in [6.45, 7) is 4.55. The van der Waals surface area contributed by atoms with Gasteiger partial charge in [-0.25, -0.2) is 18.6 Å². The lowest BCUT2D eigenvalue weighted by Crippen LogP contribution is -2.23. The molecule has 44 heavy (non-hydrogen) atoms. The first-order chi connectivity index (χ1) is 21.1. The van der Waals surface area contributed by atoms with Gasteiger partial charge in [0.05, 0.1) is 18.3 Å². The van der Waals surface area contributed by atoms with E-state index < -0.39 is 17.7 Å². The van der Waals surface area contributed by atoms with E-state index in [0.717, 1.165) is 28.8 Å². The van der Waals surface area contributed by atoms with Crippen LogP contribution >= 0.6 is 11.6 Å². The molecule has 5 aromatic rings. The maximum Gasteiger partial charge on any atom is 0.323 e. The summed E-state index contributed by atoms with van der Waals surface area (Å²) >= 11 is 5.86. The van der Waals surface area contributed by atoms with E-state index in [1.807, 2.05) is 49.2 Å². The third-order valence-electron chi connectivity index (χ3n) is 7.22. The van der Waals surface area contributed by atoms with E-state index in [0.29, 0.717) is 41.1 Å². The number of nitrogens with zero attached hydrogens (tertiary/aromatic N) is 3. The van der Waals surface area contributed by atoms with Crippen LogP contribution in [0, 0.1) is 18.6 Å². The van der Waals surface area contributed by atoms with Crippen LogP contribution in [0.5, 0.6) is 5.75 Å². The molecule has 0 aliphatic heterocycles. The van der Waals surface area contributed by atoms with Gasteiger partial charge in [0.2, 0.25) is 0 Å². The van der Waals surface area contributed by atoms with Crippen LogP contribution in [0.15, 0.2) is 77.7 Å². The van der Waals surface area contributed by atoms with Crippen LogP contribution in [-0.2, 0) is 13.1 Å². The number of ether oxygens (including phenoxy) is 1. The standard InChI is InChI=1S/C33H30ClF2N5O3/c1-5-41-30-16-31(40(3)18-20-6-8-25(44-4)9-7-20)37-17-21(30)11-27(32(41)42)26-15-29(28(36)10-19(26)2)39-33(43)38-24-13-22(34)12-23(35)14-24/h6-17H,5,18H2,1-4H3,(H2,38,39,43). The molecule has 0 unspecified atom stereocenters. The van der Waals surface area contributed by atoms with Gasteiger partial charge in [0.1, 0.15) is 23.2 Å². The number of nitrogens with one attached hydrogen (secondary N) is 2. The van der Waals surface area contributed by atoms with Crippen molar-refractivity contribution in [2.24, 2.45) is 0 Å². The van der Waals surface area contributed by atoms with E-state index in [-0.39, 0.29) is 22.0 Å². The number of urea groups is 1. The highest BCUT2D eigenvalue weighted by atomic mass is 35.5. The summed E-state index contributed by atoms with van der Waals surface area (Å²) in [4.78, 5) is 33.1. The topological polar surface area (TPSA) is 88.5 Å². The molecule has 5 rings (SSSR count). The number of benzene rings is 3. The molecule has 2 N–H and O–H groups in total. The lowest BCUT2D eigenvalue weighted by molar-refractivity contribution is 0.262. The van der Waals surface area contributed by atoms with Crippen molar-refractivity contribution >= 4 is 45.7 Å². The minimum atomic E-state index is -0.805. The van der Waals surface area contributed by atoms with Gasteiger partial charge in [-0.1, -0.05) is 23.7 Å². The molecule has 0 radical (unpaired) electrons. The van der Waals surface area contributed by atoms with Gasteiger partial charge in [0.25, 0.3) is 5.56 Å². The summed E-state index contributed by atoms with van der Waals surface area (Å²) < 4.78 is 35.5. The lowest BCUT2D eigenvalue weighted by atomic mass is 9.99. The fourth-order valence-corrected chi connectivity index (χ4v) is 5.25. The normalized spacial score (nSPS) is 11.0. The highest BCUT2D eigenvalue weighted by Crippen LogP contribution is 2.30. The zero-order valence-corrected chi connectivity index (χ0v) is 25.3. The molecule has 0 aliphatic carbocycles. The molecule has 0 aliphatic rings. The predicted octanol–water partition coefficient (Wildman–Crippen LogP) is 7.61. The molecule has 8 nitrogen and oxygen atoms in total. The summed E-state index contributed by atoms with van der Waals surface area (Å²) in [6.07, 6.45) is 1.71. The van der Waals surface area contributed by atoms with Crippen molar-refractivity contribution in [3.05, 3.63) is 111 Å². The molecular weight excluding hydrogens is 588 g/mol. The van der Waals surface area contributed by atoms with Crippen molar-refractivity contribution in [1.82, 2.24) is 9.55 Å². The number of aromatic nitrogens is 2. The summed E-state index contributed by atoms with van der Waals surface area (Å²) in [5, 5.41) is 5.70. The first-order valence-electron chi connectivity index (χ1n) is 13.8. The van der Waals surface area contributed by atoms with Gasteiger partial charge >= 0.3 is 6.03 Å². The molecule has 0 bridgehead atoms. The van der Waals surface area contributed by atoms with E-state index in [1.165, 1.54) is 18.2 Å². The predicted molar refractivity (Wildman–Crippen MR) is 171 cm³/mol. The minimum Gasteiger partial charge on any atom is -0.497 e. The number of rotatable bonds is 8. The summed E-state index contributed by atoms with van der Waals surface area (Å²) in [6, 6.07) is 16.8. The number of carbonyl (C=O) groups is 1. The highest BCUT2D eigenvalue weighted by molar-refractivity contribution is 6.31. The van der Waals surface area contributed by atoms with Crippen LogP contribution in [0.1, 0.15) is 18.1 Å². The Kier molecular flexibility index (Phi) is 8.82. The van der Waals surface area contributed by atoms with Crippen LogP contribution in [0.3, 0.4) is 0 Å². The Morgan fingerprint density at radius 2 is 1.77 bits per heavy atom. The van der Waals surface area contributed by atoms with E-state index in [2.05, 4.69) is 15.6 Å². The third-order valence-corrected chi connectivity index (χ3v) is 7.44. The Morgan fingerprint density at radius 1 is 1.02 bits per heavy atom. The summed E-state index contributed by atoms with van der Waals surface area (Å²) in [7, 11) is 3.55. The average molecular weight is 618 g/mol. The van der Waals surface area contributed by atoms with Crippen LogP contribution in [0.25, 0.3) is 22.0 Å². The molecule has 0 atom stereocenters. The van der Waals surface area contributed by atoms with Gasteiger partial charge in [0.15, 0.2) is 0 Å². The largest absolute Gasteiger partial charge is 0.497 e. The smallest absolute Gasteiger partial charge is 0.323 e. The molecule has 0 fully saturated rings. The van der Waals surface area contributed by atoms with Gasteiger partial charge < -0.3 is 24.8 Å². The third kappa shape index (κ3) is 6.50. The number of fused-ring (bicyclic) bond motifs is 1. The molecule has 11 heteroatoms. The number of carbonyl (C=O) groups excluding carboxylic acids is 1. The van der Waals surface area contributed by atoms with Gasteiger partial charge in [-0.05, 0) is 79.1 Å². The fraction of sp³-hybridized carbons (Fsp3) is 0.182. The molecule has 2 aromatic heterocycles. The van der Waals surface area contributed by atoms with Crippen molar-refractivity contribution < 1.29 is 18.3 Å².